The van der Waals surface area contributed by atoms with Crippen molar-refractivity contribution in [1.29, 1.82) is 0 Å². The molecule has 0 radical (unpaired) electrons. The molecule has 4 aromatic rings. The van der Waals surface area contributed by atoms with Crippen molar-refractivity contribution in [2.75, 3.05) is 18.4 Å². The Morgan fingerprint density at radius 2 is 2.00 bits per heavy atom. The van der Waals surface area contributed by atoms with Crippen LogP contribution in [0.4, 0.5) is 10.5 Å². The van der Waals surface area contributed by atoms with Crippen LogP contribution in [0, 0.1) is 0 Å². The van der Waals surface area contributed by atoms with Crippen LogP contribution in [0.25, 0.3) is 16.8 Å². The minimum atomic E-state index is -0.525. The third kappa shape index (κ3) is 5.99. The number of aromatic nitrogens is 4. The molecule has 0 spiro atoms. The average molecular weight is 513 g/mol. The largest absolute Gasteiger partial charge is 0.444 e. The molecule has 1 atom stereocenters. The molecule has 196 valence electrons. The number of hydrogen-bond acceptors (Lipinski definition) is 6. The number of piperidine rings is 1. The Labute approximate surface area is 221 Å². The zero-order chi connectivity index (χ0) is 26.7. The molecule has 1 saturated heterocycles. The van der Waals surface area contributed by atoms with Gasteiger partial charge in [0.25, 0.3) is 0 Å². The number of amides is 2. The van der Waals surface area contributed by atoms with Gasteiger partial charge in [-0.15, -0.1) is 0 Å². The second kappa shape index (κ2) is 10.6. The van der Waals surface area contributed by atoms with Crippen molar-refractivity contribution in [2.24, 2.45) is 0 Å². The third-order valence-electron chi connectivity index (χ3n) is 6.43. The van der Waals surface area contributed by atoms with Gasteiger partial charge in [0.1, 0.15) is 5.60 Å². The van der Waals surface area contributed by atoms with Crippen LogP contribution in [0.15, 0.2) is 67.3 Å². The van der Waals surface area contributed by atoms with E-state index in [4.69, 9.17) is 9.72 Å². The van der Waals surface area contributed by atoms with E-state index in [1.165, 1.54) is 0 Å². The Balaban J connectivity index is 1.34. The Kier molecular flexibility index (Phi) is 7.09. The maximum atomic E-state index is 12.6. The van der Waals surface area contributed by atoms with Gasteiger partial charge in [-0.25, -0.2) is 9.31 Å². The average Bonchev–Trinajstić information content (AvgIpc) is 3.32. The Bertz CT molecular complexity index is 1440. The zero-order valence-electron chi connectivity index (χ0n) is 21.9. The van der Waals surface area contributed by atoms with Crippen LogP contribution in [0.5, 0.6) is 0 Å². The van der Waals surface area contributed by atoms with Crippen LogP contribution in [-0.2, 0) is 16.0 Å². The molecule has 2 amide bonds. The number of fused-ring (bicyclic) bond motifs is 1. The standard InChI is InChI=1S/C29H32N6O3/c1-29(2,3)38-28(37)34-13-6-8-21(19-34)24-9-4-10-25(33-24)23-18-31-35-14-11-22(16-26(23)35)32-27(36)15-20-7-5-12-30-17-20/h4-5,7,9-12,14,16-18,21H,6,8,13,15,19H2,1-3H3,(H,32,36). The monoisotopic (exact) mass is 512 g/mol. The molecule has 0 aliphatic carbocycles. The lowest BCUT2D eigenvalue weighted by atomic mass is 9.94. The minimum Gasteiger partial charge on any atom is -0.444 e. The lowest BCUT2D eigenvalue weighted by Crippen LogP contribution is -2.42. The number of pyridine rings is 3. The van der Waals surface area contributed by atoms with Crippen molar-refractivity contribution in [3.05, 3.63) is 78.5 Å². The molecular weight excluding hydrogens is 480 g/mol. The maximum absolute atomic E-state index is 12.6. The van der Waals surface area contributed by atoms with E-state index in [0.717, 1.165) is 40.9 Å². The zero-order valence-corrected chi connectivity index (χ0v) is 21.9. The van der Waals surface area contributed by atoms with Gasteiger partial charge >= 0.3 is 6.09 Å². The fraction of sp³-hybridized carbons (Fsp3) is 0.345. The van der Waals surface area contributed by atoms with Crippen molar-refractivity contribution in [3.8, 4) is 11.3 Å². The molecule has 0 saturated carbocycles. The molecule has 0 bridgehead atoms. The van der Waals surface area contributed by atoms with Gasteiger partial charge in [-0.3, -0.25) is 14.8 Å². The second-order valence-corrected chi connectivity index (χ2v) is 10.6. The van der Waals surface area contributed by atoms with Gasteiger partial charge in [0.05, 0.1) is 23.8 Å². The summed E-state index contributed by atoms with van der Waals surface area (Å²) in [5, 5.41) is 7.45. The highest BCUT2D eigenvalue weighted by Crippen LogP contribution is 2.30. The lowest BCUT2D eigenvalue weighted by Gasteiger charge is -2.34. The number of ether oxygens (including phenoxy) is 1. The summed E-state index contributed by atoms with van der Waals surface area (Å²) in [6, 6.07) is 13.4. The van der Waals surface area contributed by atoms with E-state index >= 15 is 0 Å². The summed E-state index contributed by atoms with van der Waals surface area (Å²) in [4.78, 5) is 36.0. The van der Waals surface area contributed by atoms with Crippen LogP contribution < -0.4 is 5.32 Å². The van der Waals surface area contributed by atoms with Crippen LogP contribution in [0.2, 0.25) is 0 Å². The molecule has 1 N–H and O–H groups in total. The molecule has 1 aliphatic heterocycles. The summed E-state index contributed by atoms with van der Waals surface area (Å²) in [7, 11) is 0. The number of anilines is 1. The number of carbonyl (C=O) groups excluding carboxylic acids is 2. The van der Waals surface area contributed by atoms with Crippen molar-refractivity contribution in [1.82, 2.24) is 24.5 Å². The van der Waals surface area contributed by atoms with Crippen molar-refractivity contribution in [3.63, 3.8) is 0 Å². The summed E-state index contributed by atoms with van der Waals surface area (Å²) in [5.74, 6) is 0.00996. The first-order chi connectivity index (χ1) is 18.2. The van der Waals surface area contributed by atoms with Gasteiger partial charge in [-0.2, -0.15) is 5.10 Å². The highest BCUT2D eigenvalue weighted by Gasteiger charge is 2.29. The van der Waals surface area contributed by atoms with Crippen LogP contribution in [-0.4, -0.2) is 55.2 Å². The molecule has 38 heavy (non-hydrogen) atoms. The fourth-order valence-corrected chi connectivity index (χ4v) is 4.69. The van der Waals surface area contributed by atoms with Gasteiger partial charge < -0.3 is 15.0 Å². The van der Waals surface area contributed by atoms with Crippen LogP contribution >= 0.6 is 0 Å². The first-order valence-electron chi connectivity index (χ1n) is 12.9. The van der Waals surface area contributed by atoms with Gasteiger partial charge in [0.2, 0.25) is 5.91 Å². The molecule has 5 heterocycles. The van der Waals surface area contributed by atoms with Crippen LogP contribution in [0.3, 0.4) is 0 Å². The summed E-state index contributed by atoms with van der Waals surface area (Å²) in [6.45, 7) is 6.91. The second-order valence-electron chi connectivity index (χ2n) is 10.6. The third-order valence-corrected chi connectivity index (χ3v) is 6.43. The van der Waals surface area contributed by atoms with E-state index in [-0.39, 0.29) is 24.3 Å². The molecule has 4 aromatic heterocycles. The molecule has 9 nitrogen and oxygen atoms in total. The SMILES string of the molecule is CC(C)(C)OC(=O)N1CCCC(c2cccc(-c3cnn4ccc(NC(=O)Cc5cccnc5)cc34)n2)C1. The van der Waals surface area contributed by atoms with Gasteiger partial charge in [0.15, 0.2) is 0 Å². The van der Waals surface area contributed by atoms with Crippen molar-refractivity contribution < 1.29 is 14.3 Å². The lowest BCUT2D eigenvalue weighted by molar-refractivity contribution is -0.115. The van der Waals surface area contributed by atoms with E-state index in [1.54, 1.807) is 28.0 Å². The predicted octanol–water partition coefficient (Wildman–Crippen LogP) is 5.09. The smallest absolute Gasteiger partial charge is 0.410 e. The van der Waals surface area contributed by atoms with Gasteiger partial charge in [-0.05, 0) is 69.5 Å². The first kappa shape index (κ1) is 25.4. The van der Waals surface area contributed by atoms with Gasteiger partial charge in [-0.1, -0.05) is 12.1 Å². The molecule has 1 unspecified atom stereocenters. The quantitative estimate of drug-likeness (QED) is 0.400. The molecule has 1 aliphatic rings. The number of nitrogens with zero attached hydrogens (tertiary/aromatic N) is 5. The van der Waals surface area contributed by atoms with E-state index < -0.39 is 5.60 Å². The number of nitrogens with one attached hydrogen (secondary N) is 1. The highest BCUT2D eigenvalue weighted by atomic mass is 16.6. The summed E-state index contributed by atoms with van der Waals surface area (Å²) in [6.07, 6.45) is 8.81. The Morgan fingerprint density at radius 1 is 1.13 bits per heavy atom. The number of hydrogen-bond donors (Lipinski definition) is 1. The molecule has 5 rings (SSSR count). The van der Waals surface area contributed by atoms with E-state index in [9.17, 15) is 9.59 Å². The van der Waals surface area contributed by atoms with Crippen molar-refractivity contribution in [2.45, 2.75) is 51.6 Å². The number of rotatable bonds is 5. The normalized spacial score (nSPS) is 15.9. The van der Waals surface area contributed by atoms with Crippen LogP contribution in [0.1, 0.15) is 50.8 Å². The van der Waals surface area contributed by atoms with E-state index in [2.05, 4.69) is 15.4 Å². The van der Waals surface area contributed by atoms with Crippen molar-refractivity contribution >= 4 is 23.2 Å². The number of likely N-dealkylation sites (tertiary alicyclic amines) is 1. The maximum Gasteiger partial charge on any atom is 0.410 e. The Hall–Kier alpha value is -4.27. The Morgan fingerprint density at radius 3 is 2.79 bits per heavy atom. The summed E-state index contributed by atoms with van der Waals surface area (Å²) in [5.41, 5.74) is 4.46. The molecular formula is C29H32N6O3. The van der Waals surface area contributed by atoms with E-state index in [1.807, 2.05) is 69.4 Å². The highest BCUT2D eigenvalue weighted by molar-refractivity contribution is 5.93. The fourth-order valence-electron chi connectivity index (χ4n) is 4.69. The molecule has 0 aromatic carbocycles. The summed E-state index contributed by atoms with van der Waals surface area (Å²) < 4.78 is 7.36. The number of carbonyl (C=O) groups is 2. The minimum absolute atomic E-state index is 0.115. The predicted molar refractivity (Wildman–Crippen MR) is 145 cm³/mol. The molecule has 9 heteroatoms. The molecule has 1 fully saturated rings. The summed E-state index contributed by atoms with van der Waals surface area (Å²) >= 11 is 0. The first-order valence-corrected chi connectivity index (χ1v) is 12.9. The topological polar surface area (TPSA) is 102 Å². The van der Waals surface area contributed by atoms with Gasteiger partial charge in [0, 0.05) is 54.5 Å². The van der Waals surface area contributed by atoms with E-state index in [0.29, 0.717) is 18.8 Å².